The van der Waals surface area contributed by atoms with Crippen molar-refractivity contribution in [1.82, 2.24) is 0 Å². The Labute approximate surface area is 414 Å². The molecular formula is C61H70Cl2Zr. The Morgan fingerprint density at radius 1 is 0.547 bits per heavy atom. The van der Waals surface area contributed by atoms with E-state index in [1.807, 2.05) is 12.2 Å². The predicted octanol–water partition coefficient (Wildman–Crippen LogP) is 17.4. The maximum atomic E-state index is 2.99. The second-order valence-electron chi connectivity index (χ2n) is 20.1. The van der Waals surface area contributed by atoms with Crippen molar-refractivity contribution in [3.05, 3.63) is 197 Å². The summed E-state index contributed by atoms with van der Waals surface area (Å²) < 4.78 is 1.60. The second-order valence-corrected chi connectivity index (χ2v) is 21.8. The normalized spacial score (nSPS) is 12.1. The fraction of sp³-hybridized carbons (Fsp3) is 0.311. The number of halogens is 2. The Bertz CT molecular complexity index is 2450. The summed E-state index contributed by atoms with van der Waals surface area (Å²) in [4.78, 5) is 0. The molecule has 64 heavy (non-hydrogen) atoms. The summed E-state index contributed by atoms with van der Waals surface area (Å²) in [6.45, 7) is 23.4. The molecule has 0 fully saturated rings. The van der Waals surface area contributed by atoms with Crippen molar-refractivity contribution in [3.8, 4) is 22.3 Å². The molecule has 0 heterocycles. The fourth-order valence-corrected chi connectivity index (χ4v) is 9.68. The average Bonchev–Trinajstić information content (AvgIpc) is 3.92. The van der Waals surface area contributed by atoms with Crippen LogP contribution in [-0.2, 0) is 60.7 Å². The van der Waals surface area contributed by atoms with Crippen LogP contribution in [0.1, 0.15) is 109 Å². The number of fused-ring (bicyclic) bond motifs is 3. The summed E-state index contributed by atoms with van der Waals surface area (Å²) >= 11 is 1.55. The van der Waals surface area contributed by atoms with Crippen LogP contribution < -0.4 is 0 Å². The van der Waals surface area contributed by atoms with Gasteiger partial charge in [0.25, 0.3) is 0 Å². The van der Waals surface area contributed by atoms with Gasteiger partial charge in [0, 0.05) is 0 Å². The van der Waals surface area contributed by atoms with E-state index in [1.54, 1.807) is 27.4 Å². The molecule has 0 aliphatic heterocycles. The van der Waals surface area contributed by atoms with E-state index in [4.69, 9.17) is 0 Å². The van der Waals surface area contributed by atoms with Gasteiger partial charge in [0.15, 0.2) is 0 Å². The van der Waals surface area contributed by atoms with E-state index in [2.05, 4.69) is 221 Å². The number of allylic oxidation sites excluding steroid dienone is 4. The van der Waals surface area contributed by atoms with Gasteiger partial charge in [0.2, 0.25) is 0 Å². The first-order valence-electron chi connectivity index (χ1n) is 22.8. The van der Waals surface area contributed by atoms with E-state index >= 15 is 0 Å². The summed E-state index contributed by atoms with van der Waals surface area (Å²) in [5.74, 6) is 1.24. The van der Waals surface area contributed by atoms with Gasteiger partial charge in [-0.1, -0.05) is 130 Å². The van der Waals surface area contributed by atoms with Crippen LogP contribution >= 0.6 is 24.8 Å². The number of benzene rings is 6. The average molecular weight is 965 g/mol. The Balaban J connectivity index is 0.000000321. The minimum atomic E-state index is 0. The first-order chi connectivity index (χ1) is 29.6. The summed E-state index contributed by atoms with van der Waals surface area (Å²) in [6, 6.07) is 51.9. The van der Waals surface area contributed by atoms with E-state index in [0.717, 1.165) is 32.1 Å². The summed E-state index contributed by atoms with van der Waals surface area (Å²) in [6.07, 6.45) is 14.4. The molecule has 332 valence electrons. The van der Waals surface area contributed by atoms with Crippen molar-refractivity contribution in [2.45, 2.75) is 112 Å². The molecule has 0 saturated heterocycles. The number of rotatable bonds is 10. The van der Waals surface area contributed by atoms with Gasteiger partial charge >= 0.3 is 112 Å². The van der Waals surface area contributed by atoms with Crippen molar-refractivity contribution in [1.29, 1.82) is 0 Å². The molecule has 7 aromatic rings. The van der Waals surface area contributed by atoms with Gasteiger partial charge in [0.05, 0.1) is 0 Å². The number of hydrogen-bond donors (Lipinski definition) is 0. The van der Waals surface area contributed by atoms with Gasteiger partial charge in [-0.2, -0.15) is 6.08 Å². The fourth-order valence-electron chi connectivity index (χ4n) is 8.68. The molecule has 0 N–H and O–H groups in total. The van der Waals surface area contributed by atoms with Crippen molar-refractivity contribution in [2.75, 3.05) is 0 Å². The molecule has 3 heteroatoms. The molecule has 0 nitrogen and oxygen atoms in total. The SMILES string of the molecule is CC(C)Cc1ccccc1-c1cc2[cH-]c3cc(-c4ccccc4CC(C)C)c(C(C)(C)C)cc3c2cc1C(C)(C)C.Cl.Cl.[C-]1=CC=CC1.[Zr+2]=[C](Cc1ccccc1)Cc1ccccc1. The molecule has 0 amide bonds. The molecule has 0 atom stereocenters. The molecule has 0 bridgehead atoms. The quantitative estimate of drug-likeness (QED) is 0.120. The molecule has 1 aliphatic rings. The van der Waals surface area contributed by atoms with Crippen LogP contribution in [0, 0.1) is 17.9 Å². The third-order valence-corrected chi connectivity index (χ3v) is 12.4. The Kier molecular flexibility index (Phi) is 19.7. The Morgan fingerprint density at radius 3 is 1.27 bits per heavy atom. The zero-order valence-corrected chi connectivity index (χ0v) is 44.1. The third kappa shape index (κ3) is 14.3. The van der Waals surface area contributed by atoms with Gasteiger partial charge < -0.3 is 0 Å². The van der Waals surface area contributed by atoms with Gasteiger partial charge in [-0.05, 0) is 80.0 Å². The van der Waals surface area contributed by atoms with Crippen molar-refractivity contribution >= 4 is 49.6 Å². The van der Waals surface area contributed by atoms with Crippen LogP contribution in [0.4, 0.5) is 0 Å². The summed E-state index contributed by atoms with van der Waals surface area (Å²) in [7, 11) is 0. The molecule has 0 unspecified atom stereocenters. The standard InChI is InChI=1S/C41H49.C15H14.C5H5.2ClH.Zr/c1-26(2)19-28-15-11-13-17-32(28)36-22-30-21-31-23-37(33-18-14-12-16-29(33)20-27(3)4)39(41(8,9)10)25-35(31)34(30)24-38(36)40(5,6)7;1-3-8-14(9-4-1)12-7-13-15-10-5-2-6-11-15;1-2-4-5-3-1;;;/h11-18,21-27H,19-20H2,1-10H3;1-6,8-11H,12-13H2;1-3H,4H2;2*1H;/q-1;;-1;;;+2. The first-order valence-corrected chi connectivity index (χ1v) is 24.1. The Morgan fingerprint density at radius 2 is 0.938 bits per heavy atom. The van der Waals surface area contributed by atoms with Crippen LogP contribution in [0.15, 0.2) is 158 Å². The van der Waals surface area contributed by atoms with Gasteiger partial charge in [-0.25, -0.2) is 12.2 Å². The van der Waals surface area contributed by atoms with Crippen molar-refractivity contribution in [3.63, 3.8) is 0 Å². The summed E-state index contributed by atoms with van der Waals surface area (Å²) in [5.41, 5.74) is 14.2. The monoisotopic (exact) mass is 962 g/mol. The third-order valence-electron chi connectivity index (χ3n) is 11.6. The van der Waals surface area contributed by atoms with Gasteiger partial charge in [-0.15, -0.1) is 71.0 Å². The predicted molar refractivity (Wildman–Crippen MR) is 284 cm³/mol. The van der Waals surface area contributed by atoms with Crippen LogP contribution in [0.3, 0.4) is 0 Å². The van der Waals surface area contributed by atoms with Gasteiger partial charge in [0.1, 0.15) is 0 Å². The molecule has 7 aromatic carbocycles. The van der Waals surface area contributed by atoms with Gasteiger partial charge in [-0.3, -0.25) is 6.08 Å². The van der Waals surface area contributed by atoms with Crippen molar-refractivity contribution in [2.24, 2.45) is 11.8 Å². The minimum absolute atomic E-state index is 0. The molecule has 8 rings (SSSR count). The molecule has 1 aliphatic carbocycles. The van der Waals surface area contributed by atoms with E-state index < -0.39 is 0 Å². The van der Waals surface area contributed by atoms with E-state index in [-0.39, 0.29) is 35.6 Å². The molecular weight excluding hydrogens is 895 g/mol. The van der Waals surface area contributed by atoms with E-state index in [9.17, 15) is 0 Å². The first kappa shape index (κ1) is 52.6. The van der Waals surface area contributed by atoms with Crippen LogP contribution in [0.5, 0.6) is 0 Å². The Hall–Kier alpha value is -4.00. The molecule has 0 saturated carbocycles. The van der Waals surface area contributed by atoms with Crippen LogP contribution in [0.25, 0.3) is 43.8 Å². The van der Waals surface area contributed by atoms with E-state index in [1.165, 1.54) is 77.2 Å². The summed E-state index contributed by atoms with van der Waals surface area (Å²) in [5, 5.41) is 5.44. The second kappa shape index (κ2) is 24.0. The zero-order chi connectivity index (χ0) is 44.4. The molecule has 0 radical (unpaired) electrons. The topological polar surface area (TPSA) is 0 Å². The van der Waals surface area contributed by atoms with E-state index in [0.29, 0.717) is 11.8 Å². The molecule has 0 spiro atoms. The number of hydrogen-bond acceptors (Lipinski definition) is 0. The van der Waals surface area contributed by atoms with Crippen LogP contribution in [0.2, 0.25) is 0 Å². The van der Waals surface area contributed by atoms with Crippen molar-refractivity contribution < 1.29 is 24.2 Å². The van der Waals surface area contributed by atoms with Crippen LogP contribution in [-0.4, -0.2) is 3.21 Å². The zero-order valence-electron chi connectivity index (χ0n) is 40.0. The maximum absolute atomic E-state index is 2.99. The molecule has 0 aromatic heterocycles.